The number of nitro benzene ring substituents is 2. The molecule has 1 heterocycles. The van der Waals surface area contributed by atoms with Gasteiger partial charge in [0.25, 0.3) is 11.4 Å². The van der Waals surface area contributed by atoms with E-state index in [4.69, 9.17) is 0 Å². The van der Waals surface area contributed by atoms with E-state index in [-0.39, 0.29) is 29.3 Å². The number of ketones is 1. The summed E-state index contributed by atoms with van der Waals surface area (Å²) in [6.07, 6.45) is 5.27. The first-order valence-corrected chi connectivity index (χ1v) is 9.13. The van der Waals surface area contributed by atoms with E-state index in [0.717, 1.165) is 22.9 Å². The molecule has 0 bridgehead atoms. The van der Waals surface area contributed by atoms with E-state index in [0.29, 0.717) is 5.56 Å². The quantitative estimate of drug-likeness (QED) is 0.385. The average Bonchev–Trinajstić information content (AvgIpc) is 2.72. The largest absolute Gasteiger partial charge is 0.344 e. The third kappa shape index (κ3) is 4.49. The SMILES string of the molecule is CC1=CN(CC(=O)c2ccccc2)C(C)=C/C1=C/c1ccc([N+](=O)[O-])cc1[N+](=O)[O-]. The van der Waals surface area contributed by atoms with Crippen LogP contribution in [0.3, 0.4) is 0 Å². The second-order valence-corrected chi connectivity index (χ2v) is 6.87. The predicted octanol–water partition coefficient (Wildman–Crippen LogP) is 4.89. The molecule has 0 aliphatic carbocycles. The lowest BCUT2D eigenvalue weighted by atomic mass is 9.99. The smallest absolute Gasteiger partial charge is 0.283 e. The Balaban J connectivity index is 1.88. The van der Waals surface area contributed by atoms with Crippen LogP contribution >= 0.6 is 0 Å². The zero-order valence-electron chi connectivity index (χ0n) is 16.4. The summed E-state index contributed by atoms with van der Waals surface area (Å²) in [6.45, 7) is 3.86. The zero-order valence-corrected chi connectivity index (χ0v) is 16.4. The van der Waals surface area contributed by atoms with E-state index in [1.165, 1.54) is 12.1 Å². The topological polar surface area (TPSA) is 107 Å². The summed E-state index contributed by atoms with van der Waals surface area (Å²) in [6, 6.07) is 12.6. The van der Waals surface area contributed by atoms with Gasteiger partial charge in [0.1, 0.15) is 0 Å². The predicted molar refractivity (Wildman–Crippen MR) is 113 cm³/mol. The summed E-state index contributed by atoms with van der Waals surface area (Å²) in [4.78, 5) is 35.3. The number of carbonyl (C=O) groups excluding carboxylic acids is 1. The van der Waals surface area contributed by atoms with Crippen molar-refractivity contribution in [2.24, 2.45) is 0 Å². The normalized spacial score (nSPS) is 14.9. The third-order valence-electron chi connectivity index (χ3n) is 4.76. The highest BCUT2D eigenvalue weighted by molar-refractivity contribution is 5.97. The van der Waals surface area contributed by atoms with Crippen LogP contribution in [0.15, 0.2) is 77.7 Å². The standard InChI is InChI=1S/C22H19N3O5/c1-15-13-23(14-22(26)17-6-4-3-5-7-17)16(2)10-19(15)11-18-8-9-20(24(27)28)12-21(18)25(29)30/h3-13H,14H2,1-2H3/b19-11-. The van der Waals surface area contributed by atoms with Gasteiger partial charge in [-0.3, -0.25) is 25.0 Å². The fraction of sp³-hybridized carbons (Fsp3) is 0.136. The second kappa shape index (κ2) is 8.52. The third-order valence-corrected chi connectivity index (χ3v) is 4.76. The number of allylic oxidation sites excluding steroid dienone is 4. The number of benzene rings is 2. The van der Waals surface area contributed by atoms with Crippen LogP contribution in [0, 0.1) is 20.2 Å². The van der Waals surface area contributed by atoms with E-state index >= 15 is 0 Å². The molecular formula is C22H19N3O5. The molecule has 0 radical (unpaired) electrons. The van der Waals surface area contributed by atoms with Gasteiger partial charge in [-0.1, -0.05) is 30.3 Å². The molecule has 0 N–H and O–H groups in total. The second-order valence-electron chi connectivity index (χ2n) is 6.87. The summed E-state index contributed by atoms with van der Waals surface area (Å²) < 4.78 is 0. The maximum atomic E-state index is 12.5. The van der Waals surface area contributed by atoms with E-state index in [9.17, 15) is 25.0 Å². The number of non-ortho nitro benzene ring substituents is 1. The Morgan fingerprint density at radius 1 is 1.03 bits per heavy atom. The summed E-state index contributed by atoms with van der Waals surface area (Å²) >= 11 is 0. The summed E-state index contributed by atoms with van der Waals surface area (Å²) in [7, 11) is 0. The van der Waals surface area contributed by atoms with Crippen LogP contribution in [0.5, 0.6) is 0 Å². The van der Waals surface area contributed by atoms with Gasteiger partial charge >= 0.3 is 0 Å². The molecule has 0 atom stereocenters. The molecule has 1 aliphatic rings. The van der Waals surface area contributed by atoms with E-state index in [1.807, 2.05) is 49.2 Å². The number of nitrogens with zero attached hydrogens (tertiary/aromatic N) is 3. The molecule has 0 saturated heterocycles. The number of rotatable bonds is 6. The Morgan fingerprint density at radius 3 is 2.37 bits per heavy atom. The summed E-state index contributed by atoms with van der Waals surface area (Å²) in [5, 5.41) is 22.3. The molecular weight excluding hydrogens is 386 g/mol. The van der Waals surface area contributed by atoms with E-state index < -0.39 is 9.85 Å². The van der Waals surface area contributed by atoms with Gasteiger partial charge in [-0.05, 0) is 43.2 Å². The maximum Gasteiger partial charge on any atom is 0.283 e. The number of hydrogen-bond donors (Lipinski definition) is 0. The van der Waals surface area contributed by atoms with Crippen molar-refractivity contribution in [3.05, 3.63) is 109 Å². The monoisotopic (exact) mass is 405 g/mol. The molecule has 0 unspecified atom stereocenters. The average molecular weight is 405 g/mol. The molecule has 0 saturated carbocycles. The Kier molecular flexibility index (Phi) is 5.87. The highest BCUT2D eigenvalue weighted by atomic mass is 16.6. The Labute approximate surface area is 172 Å². The molecule has 8 heteroatoms. The van der Waals surface area contributed by atoms with E-state index in [1.54, 1.807) is 18.2 Å². The van der Waals surface area contributed by atoms with Crippen molar-refractivity contribution in [1.29, 1.82) is 0 Å². The van der Waals surface area contributed by atoms with Crippen LogP contribution in [0.1, 0.15) is 29.8 Å². The Morgan fingerprint density at radius 2 is 1.73 bits per heavy atom. The molecule has 3 rings (SSSR count). The van der Waals surface area contributed by atoms with Crippen molar-refractivity contribution in [2.75, 3.05) is 6.54 Å². The first kappa shape index (κ1) is 20.7. The number of nitro groups is 2. The van der Waals surface area contributed by atoms with Gasteiger partial charge in [0, 0.05) is 23.5 Å². The van der Waals surface area contributed by atoms with Crippen LogP contribution in [0.4, 0.5) is 11.4 Å². The molecule has 152 valence electrons. The number of hydrogen-bond acceptors (Lipinski definition) is 6. The molecule has 0 spiro atoms. The van der Waals surface area contributed by atoms with Crippen molar-refractivity contribution in [3.63, 3.8) is 0 Å². The van der Waals surface area contributed by atoms with Crippen molar-refractivity contribution in [1.82, 2.24) is 4.90 Å². The molecule has 2 aromatic rings. The minimum Gasteiger partial charge on any atom is -0.344 e. The van der Waals surface area contributed by atoms with Crippen molar-refractivity contribution < 1.29 is 14.6 Å². The van der Waals surface area contributed by atoms with Crippen LogP contribution in [0.25, 0.3) is 6.08 Å². The molecule has 0 amide bonds. The number of carbonyl (C=O) groups is 1. The summed E-state index contributed by atoms with van der Waals surface area (Å²) in [5.41, 5.74) is 2.57. The van der Waals surface area contributed by atoms with Gasteiger partial charge in [-0.2, -0.15) is 0 Å². The van der Waals surface area contributed by atoms with Crippen LogP contribution in [0.2, 0.25) is 0 Å². The minimum atomic E-state index is -0.665. The van der Waals surface area contributed by atoms with Gasteiger partial charge in [0.15, 0.2) is 5.78 Å². The van der Waals surface area contributed by atoms with Crippen molar-refractivity contribution in [2.45, 2.75) is 13.8 Å². The molecule has 0 fully saturated rings. The Hall–Kier alpha value is -4.07. The van der Waals surface area contributed by atoms with Crippen molar-refractivity contribution >= 4 is 23.2 Å². The van der Waals surface area contributed by atoms with Crippen LogP contribution in [-0.4, -0.2) is 27.1 Å². The van der Waals surface area contributed by atoms with Crippen LogP contribution in [-0.2, 0) is 0 Å². The fourth-order valence-corrected chi connectivity index (χ4v) is 3.12. The Bertz CT molecular complexity index is 1120. The first-order valence-electron chi connectivity index (χ1n) is 9.13. The highest BCUT2D eigenvalue weighted by Gasteiger charge is 2.20. The van der Waals surface area contributed by atoms with Gasteiger partial charge in [0.2, 0.25) is 0 Å². The van der Waals surface area contributed by atoms with Gasteiger partial charge in [-0.25, -0.2) is 0 Å². The van der Waals surface area contributed by atoms with E-state index in [2.05, 4.69) is 0 Å². The highest BCUT2D eigenvalue weighted by Crippen LogP contribution is 2.30. The maximum absolute atomic E-state index is 12.5. The lowest BCUT2D eigenvalue weighted by Crippen LogP contribution is -2.26. The van der Waals surface area contributed by atoms with Crippen molar-refractivity contribution in [3.8, 4) is 0 Å². The summed E-state index contributed by atoms with van der Waals surface area (Å²) in [5.74, 6) is -0.0224. The van der Waals surface area contributed by atoms with Gasteiger partial charge in [-0.15, -0.1) is 0 Å². The lowest BCUT2D eigenvalue weighted by molar-refractivity contribution is -0.394. The minimum absolute atomic E-state index is 0.0224. The molecule has 2 aromatic carbocycles. The number of Topliss-reactive ketones (excluding diaryl/α,β-unsaturated/α-hetero) is 1. The lowest BCUT2D eigenvalue weighted by Gasteiger charge is -2.26. The van der Waals surface area contributed by atoms with Crippen LogP contribution < -0.4 is 0 Å². The zero-order chi connectivity index (χ0) is 21.8. The van der Waals surface area contributed by atoms with Gasteiger partial charge < -0.3 is 4.90 Å². The molecule has 0 aromatic heterocycles. The fourth-order valence-electron chi connectivity index (χ4n) is 3.12. The molecule has 30 heavy (non-hydrogen) atoms. The van der Waals surface area contributed by atoms with Gasteiger partial charge in [0.05, 0.1) is 28.0 Å². The first-order chi connectivity index (χ1) is 14.3. The molecule has 1 aliphatic heterocycles. The molecule has 8 nitrogen and oxygen atoms in total.